The number of hydrogen-bond acceptors (Lipinski definition) is 10. The molecule has 10 heteroatoms. The molecule has 7 aromatic carbocycles. The molecule has 0 aliphatic carbocycles. The molecule has 0 aromatic heterocycles. The van der Waals surface area contributed by atoms with Crippen molar-refractivity contribution in [1.82, 2.24) is 0 Å². The third kappa shape index (κ3) is 10.4. The highest BCUT2D eigenvalue weighted by Crippen LogP contribution is 2.35. The van der Waals surface area contributed by atoms with Gasteiger partial charge in [0.2, 0.25) is 0 Å². The lowest BCUT2D eigenvalue weighted by Gasteiger charge is -2.26. The Morgan fingerprint density at radius 1 is 0.290 bits per heavy atom. The molecule has 0 fully saturated rings. The maximum Gasteiger partial charge on any atom is 0.519 e. The van der Waals surface area contributed by atoms with E-state index in [-0.39, 0.29) is 11.1 Å². The van der Waals surface area contributed by atoms with Crippen molar-refractivity contribution >= 4 is 24.2 Å². The van der Waals surface area contributed by atoms with Crippen LogP contribution in [0.4, 0.5) is 9.59 Å². The highest BCUT2D eigenvalue weighted by atomic mass is 16.7. The summed E-state index contributed by atoms with van der Waals surface area (Å²) in [6.07, 6.45) is -1.66. The Balaban J connectivity index is 0.892. The topological polar surface area (TPSA) is 124 Å². The second-order valence-electron chi connectivity index (χ2n) is 15.2. The zero-order valence-corrected chi connectivity index (χ0v) is 34.4. The smallest absolute Gasteiger partial charge is 0.423 e. The lowest BCUT2D eigenvalue weighted by atomic mass is 9.78. The van der Waals surface area contributed by atoms with Crippen LogP contribution in [0.5, 0.6) is 34.5 Å². The number of rotatable bonds is 12. The van der Waals surface area contributed by atoms with Crippen molar-refractivity contribution in [2.45, 2.75) is 38.5 Å². The molecule has 62 heavy (non-hydrogen) atoms. The van der Waals surface area contributed by atoms with E-state index in [9.17, 15) is 19.2 Å². The summed E-state index contributed by atoms with van der Waals surface area (Å²) >= 11 is 0. The molecule has 7 aromatic rings. The van der Waals surface area contributed by atoms with Gasteiger partial charge in [-0.05, 0) is 119 Å². The van der Waals surface area contributed by atoms with Crippen LogP contribution in [-0.2, 0) is 10.8 Å². The molecule has 0 aliphatic rings. The van der Waals surface area contributed by atoms with Crippen LogP contribution in [0, 0.1) is 0 Å². The fraction of sp³-hybridized carbons (Fsp3) is 0.115. The second-order valence-corrected chi connectivity index (χ2v) is 15.2. The molecule has 310 valence electrons. The Labute approximate surface area is 359 Å². The molecular formula is C52H42O10. The minimum Gasteiger partial charge on any atom is -0.423 e. The van der Waals surface area contributed by atoms with Gasteiger partial charge in [0.05, 0.1) is 11.1 Å². The number of para-hydroxylation sites is 2. The predicted molar refractivity (Wildman–Crippen MR) is 233 cm³/mol. The zero-order valence-electron chi connectivity index (χ0n) is 34.4. The van der Waals surface area contributed by atoms with Gasteiger partial charge in [-0.15, -0.1) is 0 Å². The number of benzene rings is 7. The lowest BCUT2D eigenvalue weighted by molar-refractivity contribution is 0.0720. The number of ether oxygens (including phenoxy) is 6. The Hall–Kier alpha value is -7.98. The molecule has 7 rings (SSSR count). The Bertz CT molecular complexity index is 2450. The van der Waals surface area contributed by atoms with E-state index in [2.05, 4.69) is 27.7 Å². The molecule has 0 unspecified atom stereocenters. The minimum atomic E-state index is -0.828. The quantitative estimate of drug-likeness (QED) is 0.0668. The SMILES string of the molecule is CC(C)(c1ccc(OC(=O)Oc2ccccc2)cc1)c1ccc(OC(=O)c2ccc(C(=O)Oc3ccc(C(C)(C)c4ccc(OC(=O)Oc5ccccc5)cc4)cc3)cc2)cc1. The van der Waals surface area contributed by atoms with Gasteiger partial charge in [-0.25, -0.2) is 19.2 Å². The fourth-order valence-corrected chi connectivity index (χ4v) is 6.57. The molecule has 0 aliphatic heterocycles. The first-order valence-corrected chi connectivity index (χ1v) is 19.7. The molecule has 0 spiro atoms. The van der Waals surface area contributed by atoms with Crippen molar-refractivity contribution in [3.8, 4) is 34.5 Å². The Kier molecular flexibility index (Phi) is 12.6. The predicted octanol–water partition coefficient (Wildman–Crippen LogP) is 11.9. The third-order valence-electron chi connectivity index (χ3n) is 10.4. The molecule has 0 N–H and O–H groups in total. The van der Waals surface area contributed by atoms with Crippen LogP contribution >= 0.6 is 0 Å². The standard InChI is InChI=1S/C52H42O10/c1-51(2,39-23-31-45(32-24-39)61-49(55)59-41-11-7-5-8-12-41)37-19-27-43(28-20-37)57-47(53)35-15-17-36(18-16-35)48(54)58-44-29-21-38(22-30-44)52(3,4)40-25-33-46(34-26-40)62-50(56)60-42-13-9-6-10-14-42/h5-34H,1-4H3. The first-order valence-electron chi connectivity index (χ1n) is 19.7. The van der Waals surface area contributed by atoms with Gasteiger partial charge in [-0.3, -0.25) is 0 Å². The maximum atomic E-state index is 13.0. The number of esters is 2. The van der Waals surface area contributed by atoms with E-state index in [4.69, 9.17) is 28.4 Å². The highest BCUT2D eigenvalue weighted by Gasteiger charge is 2.25. The van der Waals surface area contributed by atoms with Gasteiger partial charge in [0.1, 0.15) is 34.5 Å². The summed E-state index contributed by atoms with van der Waals surface area (Å²) in [6, 6.07) is 52.2. The largest absolute Gasteiger partial charge is 0.519 e. The van der Waals surface area contributed by atoms with Crippen molar-refractivity contribution in [3.05, 3.63) is 215 Å². The van der Waals surface area contributed by atoms with Crippen LogP contribution in [0.3, 0.4) is 0 Å². The van der Waals surface area contributed by atoms with E-state index in [0.717, 1.165) is 22.3 Å². The van der Waals surface area contributed by atoms with E-state index in [1.165, 1.54) is 24.3 Å². The first-order chi connectivity index (χ1) is 29.8. The monoisotopic (exact) mass is 826 g/mol. The molecule has 0 saturated carbocycles. The van der Waals surface area contributed by atoms with Gasteiger partial charge in [0.15, 0.2) is 0 Å². The number of hydrogen-bond donors (Lipinski definition) is 0. The van der Waals surface area contributed by atoms with Gasteiger partial charge < -0.3 is 28.4 Å². The molecule has 0 atom stereocenters. The van der Waals surface area contributed by atoms with E-state index in [1.807, 2.05) is 60.7 Å². The lowest BCUT2D eigenvalue weighted by Crippen LogP contribution is -2.19. The van der Waals surface area contributed by atoms with Crippen molar-refractivity contribution in [1.29, 1.82) is 0 Å². The van der Waals surface area contributed by atoms with Crippen molar-refractivity contribution in [2.24, 2.45) is 0 Å². The Morgan fingerprint density at radius 2 is 0.516 bits per heavy atom. The van der Waals surface area contributed by atoms with Crippen molar-refractivity contribution < 1.29 is 47.6 Å². The summed E-state index contributed by atoms with van der Waals surface area (Å²) in [7, 11) is 0. The molecule has 0 heterocycles. The molecule has 10 nitrogen and oxygen atoms in total. The van der Waals surface area contributed by atoms with Gasteiger partial charge in [-0.2, -0.15) is 0 Å². The van der Waals surface area contributed by atoms with Crippen LogP contribution in [0.1, 0.15) is 70.7 Å². The third-order valence-corrected chi connectivity index (χ3v) is 10.4. The first kappa shape index (κ1) is 42.2. The van der Waals surface area contributed by atoms with Crippen LogP contribution in [0.25, 0.3) is 0 Å². The van der Waals surface area contributed by atoms with Crippen molar-refractivity contribution in [2.75, 3.05) is 0 Å². The number of carbonyl (C=O) groups excluding carboxylic acids is 4. The van der Waals surface area contributed by atoms with Crippen molar-refractivity contribution in [3.63, 3.8) is 0 Å². The van der Waals surface area contributed by atoms with Gasteiger partial charge >= 0.3 is 24.2 Å². The van der Waals surface area contributed by atoms with Gasteiger partial charge in [0, 0.05) is 10.8 Å². The minimum absolute atomic E-state index is 0.263. The van der Waals surface area contributed by atoms with Gasteiger partial charge in [-0.1, -0.05) is 113 Å². The summed E-state index contributed by atoms with van der Waals surface area (Å²) < 4.78 is 32.3. The molecular weight excluding hydrogens is 785 g/mol. The fourth-order valence-electron chi connectivity index (χ4n) is 6.57. The van der Waals surface area contributed by atoms with Crippen LogP contribution in [-0.4, -0.2) is 24.2 Å². The summed E-state index contributed by atoms with van der Waals surface area (Å²) in [4.78, 5) is 50.4. The van der Waals surface area contributed by atoms with E-state index >= 15 is 0 Å². The summed E-state index contributed by atoms with van der Waals surface area (Å²) in [5.41, 5.74) is 3.56. The molecule has 0 amide bonds. The Morgan fingerprint density at radius 3 is 0.774 bits per heavy atom. The normalized spacial score (nSPS) is 11.2. The molecule has 0 bridgehead atoms. The van der Waals surface area contributed by atoms with Gasteiger partial charge in [0.25, 0.3) is 0 Å². The summed E-state index contributed by atoms with van der Waals surface area (Å²) in [5, 5.41) is 0. The number of carbonyl (C=O) groups is 4. The van der Waals surface area contributed by atoms with E-state index < -0.39 is 35.1 Å². The molecule has 0 radical (unpaired) electrons. The van der Waals surface area contributed by atoms with E-state index in [1.54, 1.807) is 97.1 Å². The highest BCUT2D eigenvalue weighted by molar-refractivity contribution is 5.95. The average Bonchev–Trinajstić information content (AvgIpc) is 3.28. The zero-order chi connectivity index (χ0) is 43.7. The van der Waals surface area contributed by atoms with Crippen LogP contribution in [0.2, 0.25) is 0 Å². The molecule has 0 saturated heterocycles. The second kappa shape index (κ2) is 18.5. The average molecular weight is 827 g/mol. The van der Waals surface area contributed by atoms with E-state index in [0.29, 0.717) is 34.5 Å². The van der Waals surface area contributed by atoms with Crippen LogP contribution < -0.4 is 28.4 Å². The summed E-state index contributed by atoms with van der Waals surface area (Å²) in [6.45, 7) is 8.24. The van der Waals surface area contributed by atoms with Crippen LogP contribution in [0.15, 0.2) is 182 Å². The summed E-state index contributed by atoms with van der Waals surface area (Å²) in [5.74, 6) is 1.04. The maximum absolute atomic E-state index is 13.0.